The topological polar surface area (TPSA) is 12.9 Å². The minimum absolute atomic E-state index is 0.0412. The lowest BCUT2D eigenvalue weighted by molar-refractivity contribution is 0.145. The number of nitrogens with zero attached hydrogens (tertiary/aromatic N) is 1. The standard InChI is InChI=1S/C8H7ClF3N/c1-4-5(2-9)7(10)6(3-13-4)8(11)12/h3,8H,2H2,1H3. The maximum Gasteiger partial charge on any atom is 0.268 e. The van der Waals surface area contributed by atoms with Crippen LogP contribution in [0.2, 0.25) is 0 Å². The number of aryl methyl sites for hydroxylation is 1. The molecule has 1 aromatic heterocycles. The third kappa shape index (κ3) is 1.94. The van der Waals surface area contributed by atoms with Crippen molar-refractivity contribution in [2.45, 2.75) is 19.2 Å². The number of halogens is 4. The van der Waals surface area contributed by atoms with Gasteiger partial charge in [-0.2, -0.15) is 0 Å². The van der Waals surface area contributed by atoms with Gasteiger partial charge in [-0.1, -0.05) is 0 Å². The number of alkyl halides is 3. The van der Waals surface area contributed by atoms with Gasteiger partial charge >= 0.3 is 0 Å². The van der Waals surface area contributed by atoms with Crippen LogP contribution in [-0.4, -0.2) is 4.98 Å². The molecular weight excluding hydrogens is 203 g/mol. The first kappa shape index (κ1) is 10.3. The van der Waals surface area contributed by atoms with E-state index in [9.17, 15) is 13.2 Å². The van der Waals surface area contributed by atoms with Crippen LogP contribution in [0.1, 0.15) is 23.2 Å². The van der Waals surface area contributed by atoms with E-state index < -0.39 is 17.8 Å². The molecule has 0 saturated heterocycles. The van der Waals surface area contributed by atoms with Gasteiger partial charge in [-0.25, -0.2) is 13.2 Å². The zero-order valence-electron chi connectivity index (χ0n) is 6.82. The quantitative estimate of drug-likeness (QED) is 0.682. The lowest BCUT2D eigenvalue weighted by Gasteiger charge is -2.07. The molecule has 5 heteroatoms. The number of pyridine rings is 1. The van der Waals surface area contributed by atoms with E-state index in [0.29, 0.717) is 5.69 Å². The molecule has 0 amide bonds. The van der Waals surface area contributed by atoms with Crippen LogP contribution in [0.4, 0.5) is 13.2 Å². The predicted molar refractivity (Wildman–Crippen MR) is 43.4 cm³/mol. The zero-order chi connectivity index (χ0) is 10.0. The Bertz CT molecular complexity index is 315. The molecule has 1 rings (SSSR count). The summed E-state index contributed by atoms with van der Waals surface area (Å²) in [5.74, 6) is -1.09. The molecule has 0 radical (unpaired) electrons. The highest BCUT2D eigenvalue weighted by atomic mass is 35.5. The Labute approximate surface area is 78.5 Å². The van der Waals surface area contributed by atoms with Crippen molar-refractivity contribution in [3.05, 3.63) is 28.8 Å². The largest absolute Gasteiger partial charge is 0.268 e. The highest BCUT2D eigenvalue weighted by Gasteiger charge is 2.18. The van der Waals surface area contributed by atoms with Crippen LogP contribution in [0.5, 0.6) is 0 Å². The molecule has 72 valence electrons. The van der Waals surface area contributed by atoms with E-state index in [1.54, 1.807) is 0 Å². The maximum absolute atomic E-state index is 13.2. The van der Waals surface area contributed by atoms with E-state index in [4.69, 9.17) is 11.6 Å². The number of aromatic nitrogens is 1. The van der Waals surface area contributed by atoms with Gasteiger partial charge in [-0.15, -0.1) is 11.6 Å². The van der Waals surface area contributed by atoms with E-state index in [-0.39, 0.29) is 11.4 Å². The Hall–Kier alpha value is -0.770. The van der Waals surface area contributed by atoms with Crippen LogP contribution in [-0.2, 0) is 5.88 Å². The number of hydrogen-bond acceptors (Lipinski definition) is 1. The van der Waals surface area contributed by atoms with Crippen LogP contribution < -0.4 is 0 Å². The minimum atomic E-state index is -2.85. The Morgan fingerprint density at radius 2 is 2.15 bits per heavy atom. The summed E-state index contributed by atoms with van der Waals surface area (Å²) in [6.07, 6.45) is -2.01. The number of rotatable bonds is 2. The molecular formula is C8H7ClF3N. The monoisotopic (exact) mass is 209 g/mol. The summed E-state index contributed by atoms with van der Waals surface area (Å²) < 4.78 is 37.5. The highest BCUT2D eigenvalue weighted by Crippen LogP contribution is 2.25. The average Bonchev–Trinajstić information content (AvgIpc) is 2.04. The normalized spacial score (nSPS) is 10.9. The number of hydrogen-bond donors (Lipinski definition) is 0. The van der Waals surface area contributed by atoms with Crippen molar-refractivity contribution < 1.29 is 13.2 Å². The van der Waals surface area contributed by atoms with Crippen molar-refractivity contribution in [2.75, 3.05) is 0 Å². The fourth-order valence-corrected chi connectivity index (χ4v) is 1.25. The van der Waals surface area contributed by atoms with Gasteiger partial charge in [-0.05, 0) is 6.92 Å². The summed E-state index contributed by atoms with van der Waals surface area (Å²) in [7, 11) is 0. The maximum atomic E-state index is 13.2. The molecule has 0 N–H and O–H groups in total. The summed E-state index contributed by atoms with van der Waals surface area (Å²) in [4.78, 5) is 3.63. The Kier molecular flexibility index (Phi) is 3.14. The van der Waals surface area contributed by atoms with Crippen molar-refractivity contribution in [2.24, 2.45) is 0 Å². The van der Waals surface area contributed by atoms with Crippen LogP contribution in [0.3, 0.4) is 0 Å². The minimum Gasteiger partial charge on any atom is -0.261 e. The lowest BCUT2D eigenvalue weighted by atomic mass is 10.1. The predicted octanol–water partition coefficient (Wildman–Crippen LogP) is 3.21. The summed E-state index contributed by atoms with van der Waals surface area (Å²) >= 11 is 5.39. The molecule has 0 aliphatic carbocycles. The summed E-state index contributed by atoms with van der Waals surface area (Å²) in [5.41, 5.74) is -0.308. The summed E-state index contributed by atoms with van der Waals surface area (Å²) in [5, 5.41) is 0. The summed E-state index contributed by atoms with van der Waals surface area (Å²) in [6, 6.07) is 0. The Morgan fingerprint density at radius 3 is 2.62 bits per heavy atom. The molecule has 0 atom stereocenters. The molecule has 1 nitrogen and oxygen atoms in total. The molecule has 0 aromatic carbocycles. The smallest absolute Gasteiger partial charge is 0.261 e. The van der Waals surface area contributed by atoms with E-state index in [0.717, 1.165) is 6.20 Å². The fraction of sp³-hybridized carbons (Fsp3) is 0.375. The van der Waals surface area contributed by atoms with Gasteiger partial charge in [0.15, 0.2) is 0 Å². The molecule has 0 aliphatic rings. The molecule has 13 heavy (non-hydrogen) atoms. The highest BCUT2D eigenvalue weighted by molar-refractivity contribution is 6.17. The second-order valence-electron chi connectivity index (χ2n) is 2.53. The van der Waals surface area contributed by atoms with Gasteiger partial charge in [0.1, 0.15) is 5.82 Å². The molecule has 1 heterocycles. The van der Waals surface area contributed by atoms with Crippen molar-refractivity contribution in [3.63, 3.8) is 0 Å². The van der Waals surface area contributed by atoms with Gasteiger partial charge in [0.25, 0.3) is 6.43 Å². The first-order chi connectivity index (χ1) is 6.07. The molecule has 0 bridgehead atoms. The van der Waals surface area contributed by atoms with Crippen molar-refractivity contribution in [3.8, 4) is 0 Å². The van der Waals surface area contributed by atoms with E-state index in [1.165, 1.54) is 6.92 Å². The van der Waals surface area contributed by atoms with Gasteiger partial charge in [-0.3, -0.25) is 4.98 Å². The zero-order valence-corrected chi connectivity index (χ0v) is 7.58. The van der Waals surface area contributed by atoms with E-state index in [2.05, 4.69) is 4.98 Å². The molecule has 0 aliphatic heterocycles. The molecule has 0 spiro atoms. The lowest BCUT2D eigenvalue weighted by Crippen LogP contribution is -2.01. The SMILES string of the molecule is Cc1ncc(C(F)F)c(F)c1CCl. The van der Waals surface area contributed by atoms with E-state index >= 15 is 0 Å². The first-order valence-electron chi connectivity index (χ1n) is 3.56. The van der Waals surface area contributed by atoms with Gasteiger partial charge in [0.2, 0.25) is 0 Å². The van der Waals surface area contributed by atoms with Gasteiger partial charge < -0.3 is 0 Å². The molecule has 1 aromatic rings. The van der Waals surface area contributed by atoms with Crippen LogP contribution in [0.25, 0.3) is 0 Å². The van der Waals surface area contributed by atoms with Crippen molar-refractivity contribution in [1.82, 2.24) is 4.98 Å². The second kappa shape index (κ2) is 3.96. The first-order valence-corrected chi connectivity index (χ1v) is 4.09. The Balaban J connectivity index is 3.27. The second-order valence-corrected chi connectivity index (χ2v) is 2.79. The Morgan fingerprint density at radius 1 is 1.54 bits per heavy atom. The summed E-state index contributed by atoms with van der Waals surface area (Å²) in [6.45, 7) is 1.52. The molecule has 0 fully saturated rings. The van der Waals surface area contributed by atoms with Gasteiger partial charge in [0.05, 0.1) is 11.4 Å². The van der Waals surface area contributed by atoms with Gasteiger partial charge in [0, 0.05) is 17.5 Å². The average molecular weight is 210 g/mol. The van der Waals surface area contributed by atoms with Crippen molar-refractivity contribution >= 4 is 11.6 Å². The third-order valence-corrected chi connectivity index (χ3v) is 1.99. The molecule has 0 unspecified atom stereocenters. The third-order valence-electron chi connectivity index (χ3n) is 1.72. The van der Waals surface area contributed by atoms with E-state index in [1.807, 2.05) is 0 Å². The van der Waals surface area contributed by atoms with Crippen LogP contribution in [0.15, 0.2) is 6.20 Å². The van der Waals surface area contributed by atoms with Crippen LogP contribution >= 0.6 is 11.6 Å². The van der Waals surface area contributed by atoms with Crippen LogP contribution in [0, 0.1) is 12.7 Å². The molecule has 0 saturated carbocycles. The fourth-order valence-electron chi connectivity index (χ4n) is 0.942. The van der Waals surface area contributed by atoms with Crippen molar-refractivity contribution in [1.29, 1.82) is 0 Å².